The number of fused-ring (bicyclic) bond motifs is 3. The quantitative estimate of drug-likeness (QED) is 0.525. The van der Waals surface area contributed by atoms with Crippen LogP contribution in [0.2, 0.25) is 0 Å². The molecule has 4 aromatic rings. The van der Waals surface area contributed by atoms with Gasteiger partial charge in [0.2, 0.25) is 0 Å². The van der Waals surface area contributed by atoms with Gasteiger partial charge in [-0.1, -0.05) is 0 Å². The van der Waals surface area contributed by atoms with E-state index in [9.17, 15) is 0 Å². The SMILES string of the molecule is CN(Cc1cnccn1)c1nc(-c2cccnc2)nc2sc3c(c12)CCCC3. The molecule has 4 aromatic heterocycles. The first-order chi connectivity index (χ1) is 13.8. The van der Waals surface area contributed by atoms with Crippen molar-refractivity contribution in [3.05, 3.63) is 59.3 Å². The maximum atomic E-state index is 4.98. The zero-order chi connectivity index (χ0) is 18.9. The molecule has 0 aliphatic heterocycles. The Morgan fingerprint density at radius 3 is 2.75 bits per heavy atom. The van der Waals surface area contributed by atoms with E-state index in [-0.39, 0.29) is 0 Å². The Labute approximate surface area is 167 Å². The van der Waals surface area contributed by atoms with Gasteiger partial charge in [-0.25, -0.2) is 9.97 Å². The topological polar surface area (TPSA) is 67.7 Å². The van der Waals surface area contributed by atoms with E-state index in [0.29, 0.717) is 6.54 Å². The Bertz CT molecular complexity index is 1110. The summed E-state index contributed by atoms with van der Waals surface area (Å²) in [4.78, 5) is 27.4. The van der Waals surface area contributed by atoms with Crippen LogP contribution in [0.4, 0.5) is 5.82 Å². The average molecular weight is 389 g/mol. The van der Waals surface area contributed by atoms with Crippen LogP contribution in [-0.2, 0) is 19.4 Å². The zero-order valence-electron chi connectivity index (χ0n) is 15.7. The zero-order valence-corrected chi connectivity index (χ0v) is 16.5. The second-order valence-electron chi connectivity index (χ2n) is 7.06. The number of pyridine rings is 1. The lowest BCUT2D eigenvalue weighted by Crippen LogP contribution is -2.20. The molecule has 0 amide bonds. The monoisotopic (exact) mass is 388 g/mol. The van der Waals surface area contributed by atoms with Gasteiger partial charge >= 0.3 is 0 Å². The smallest absolute Gasteiger partial charge is 0.164 e. The summed E-state index contributed by atoms with van der Waals surface area (Å²) in [5.41, 5.74) is 3.29. The van der Waals surface area contributed by atoms with E-state index in [2.05, 4.69) is 26.9 Å². The first-order valence-corrected chi connectivity index (χ1v) is 10.3. The minimum atomic E-state index is 0.650. The summed E-state index contributed by atoms with van der Waals surface area (Å²) in [5.74, 6) is 1.69. The van der Waals surface area contributed by atoms with Gasteiger partial charge in [-0.05, 0) is 43.4 Å². The van der Waals surface area contributed by atoms with E-state index >= 15 is 0 Å². The van der Waals surface area contributed by atoms with Gasteiger partial charge in [0.05, 0.1) is 23.8 Å². The number of hydrogen-bond acceptors (Lipinski definition) is 7. The standard InChI is InChI=1S/C21H20N6S/c1-27(13-15-12-23-9-10-24-15)20-18-16-6-2-3-7-17(16)28-21(18)26-19(25-20)14-5-4-8-22-11-14/h4-5,8-12H,2-3,6-7,13H2,1H3. The van der Waals surface area contributed by atoms with Crippen LogP contribution in [0.1, 0.15) is 29.0 Å². The molecular formula is C21H20N6S. The van der Waals surface area contributed by atoms with Crippen molar-refractivity contribution in [3.63, 3.8) is 0 Å². The predicted octanol–water partition coefficient (Wildman–Crippen LogP) is 4.06. The fourth-order valence-electron chi connectivity index (χ4n) is 3.77. The fraction of sp³-hybridized carbons (Fsp3) is 0.286. The molecular weight excluding hydrogens is 368 g/mol. The van der Waals surface area contributed by atoms with Crippen molar-refractivity contribution in [1.82, 2.24) is 24.9 Å². The van der Waals surface area contributed by atoms with E-state index in [4.69, 9.17) is 9.97 Å². The molecule has 1 aliphatic rings. The van der Waals surface area contributed by atoms with E-state index in [1.54, 1.807) is 24.8 Å². The Balaban J connectivity index is 1.67. The Hall–Kier alpha value is -2.93. The van der Waals surface area contributed by atoms with Gasteiger partial charge < -0.3 is 4.90 Å². The normalized spacial score (nSPS) is 13.5. The number of thiophene rings is 1. The van der Waals surface area contributed by atoms with Crippen LogP contribution in [0.15, 0.2) is 43.1 Å². The molecule has 0 N–H and O–H groups in total. The summed E-state index contributed by atoms with van der Waals surface area (Å²) in [6.07, 6.45) is 13.6. The van der Waals surface area contributed by atoms with Crippen molar-refractivity contribution in [2.75, 3.05) is 11.9 Å². The van der Waals surface area contributed by atoms with Crippen LogP contribution in [0, 0.1) is 0 Å². The molecule has 7 heteroatoms. The summed E-state index contributed by atoms with van der Waals surface area (Å²) in [5, 5.41) is 1.21. The van der Waals surface area contributed by atoms with Gasteiger partial charge in [0.25, 0.3) is 0 Å². The van der Waals surface area contributed by atoms with Gasteiger partial charge in [0.15, 0.2) is 5.82 Å². The van der Waals surface area contributed by atoms with Gasteiger partial charge in [-0.3, -0.25) is 15.0 Å². The highest BCUT2D eigenvalue weighted by Gasteiger charge is 2.23. The van der Waals surface area contributed by atoms with Crippen LogP contribution in [-0.4, -0.2) is 32.0 Å². The summed E-state index contributed by atoms with van der Waals surface area (Å²) in [6, 6.07) is 3.93. The molecule has 1 aliphatic carbocycles. The van der Waals surface area contributed by atoms with Crippen LogP contribution >= 0.6 is 11.3 Å². The summed E-state index contributed by atoms with van der Waals surface area (Å²) >= 11 is 1.82. The molecule has 5 rings (SSSR count). The third-order valence-corrected chi connectivity index (χ3v) is 6.28. The molecule has 0 bridgehead atoms. The summed E-state index contributed by atoms with van der Waals surface area (Å²) in [7, 11) is 2.07. The third kappa shape index (κ3) is 3.11. The highest BCUT2D eigenvalue weighted by Crippen LogP contribution is 2.40. The summed E-state index contributed by atoms with van der Waals surface area (Å²) in [6.45, 7) is 0.650. The highest BCUT2D eigenvalue weighted by atomic mass is 32.1. The van der Waals surface area contributed by atoms with Crippen molar-refractivity contribution in [1.29, 1.82) is 0 Å². The lowest BCUT2D eigenvalue weighted by molar-refractivity contribution is 0.700. The Morgan fingerprint density at radius 2 is 1.93 bits per heavy atom. The van der Waals surface area contributed by atoms with E-state index in [1.165, 1.54) is 28.7 Å². The second kappa shape index (κ2) is 7.24. The number of nitrogens with zero attached hydrogens (tertiary/aromatic N) is 6. The van der Waals surface area contributed by atoms with E-state index < -0.39 is 0 Å². The number of aromatic nitrogens is 5. The minimum Gasteiger partial charge on any atom is -0.353 e. The van der Waals surface area contributed by atoms with Crippen LogP contribution in [0.5, 0.6) is 0 Å². The molecule has 0 spiro atoms. The summed E-state index contributed by atoms with van der Waals surface area (Å²) < 4.78 is 0. The molecule has 4 heterocycles. The second-order valence-corrected chi connectivity index (χ2v) is 8.14. The van der Waals surface area contributed by atoms with Gasteiger partial charge in [-0.2, -0.15) is 0 Å². The molecule has 0 saturated carbocycles. The number of aryl methyl sites for hydroxylation is 2. The molecule has 0 atom stereocenters. The van der Waals surface area contributed by atoms with Crippen molar-refractivity contribution >= 4 is 27.4 Å². The molecule has 0 saturated heterocycles. The fourth-order valence-corrected chi connectivity index (χ4v) is 5.02. The maximum Gasteiger partial charge on any atom is 0.164 e. The van der Waals surface area contributed by atoms with Crippen LogP contribution in [0.25, 0.3) is 21.6 Å². The average Bonchev–Trinajstić information content (AvgIpc) is 3.13. The predicted molar refractivity (Wildman–Crippen MR) is 111 cm³/mol. The Morgan fingerprint density at radius 1 is 1.04 bits per heavy atom. The van der Waals surface area contributed by atoms with Gasteiger partial charge in [-0.15, -0.1) is 11.3 Å². The number of hydrogen-bond donors (Lipinski definition) is 0. The molecule has 0 aromatic carbocycles. The molecule has 0 unspecified atom stereocenters. The molecule has 28 heavy (non-hydrogen) atoms. The lowest BCUT2D eigenvalue weighted by atomic mass is 9.97. The largest absolute Gasteiger partial charge is 0.353 e. The van der Waals surface area contributed by atoms with E-state index in [1.807, 2.05) is 29.7 Å². The highest BCUT2D eigenvalue weighted by molar-refractivity contribution is 7.19. The lowest BCUT2D eigenvalue weighted by Gasteiger charge is -2.20. The van der Waals surface area contributed by atoms with Gasteiger partial charge in [0.1, 0.15) is 10.6 Å². The first-order valence-electron chi connectivity index (χ1n) is 9.48. The van der Waals surface area contributed by atoms with Crippen molar-refractivity contribution in [2.24, 2.45) is 0 Å². The third-order valence-electron chi connectivity index (χ3n) is 5.09. The number of anilines is 1. The van der Waals surface area contributed by atoms with Crippen molar-refractivity contribution < 1.29 is 0 Å². The van der Waals surface area contributed by atoms with Crippen molar-refractivity contribution in [2.45, 2.75) is 32.2 Å². The van der Waals surface area contributed by atoms with Crippen LogP contribution < -0.4 is 4.90 Å². The van der Waals surface area contributed by atoms with Crippen molar-refractivity contribution in [3.8, 4) is 11.4 Å². The van der Waals surface area contributed by atoms with Crippen LogP contribution in [0.3, 0.4) is 0 Å². The van der Waals surface area contributed by atoms with Gasteiger partial charge in [0, 0.05) is 42.3 Å². The molecule has 6 nitrogen and oxygen atoms in total. The first kappa shape index (κ1) is 17.2. The maximum absolute atomic E-state index is 4.98. The molecule has 0 radical (unpaired) electrons. The minimum absolute atomic E-state index is 0.650. The molecule has 0 fully saturated rings. The number of rotatable bonds is 4. The van der Waals surface area contributed by atoms with E-state index in [0.717, 1.165) is 40.6 Å². The Kier molecular flexibility index (Phi) is 4.44. The molecule has 140 valence electrons.